The molecule has 1 N–H and O–H groups in total. The average Bonchev–Trinajstić information content (AvgIpc) is 2.39. The SMILES string of the molecule is COC(=O)c1cc(C2=CCCNC2)ccn1. The molecule has 16 heavy (non-hydrogen) atoms. The summed E-state index contributed by atoms with van der Waals surface area (Å²) >= 11 is 0. The number of hydrogen-bond acceptors (Lipinski definition) is 4. The highest BCUT2D eigenvalue weighted by Gasteiger charge is 2.10. The second-order valence-corrected chi connectivity index (χ2v) is 3.62. The van der Waals surface area contributed by atoms with Gasteiger partial charge in [-0.25, -0.2) is 9.78 Å². The minimum Gasteiger partial charge on any atom is -0.464 e. The largest absolute Gasteiger partial charge is 0.464 e. The van der Waals surface area contributed by atoms with Gasteiger partial charge in [0, 0.05) is 12.7 Å². The standard InChI is InChI=1S/C12H14N2O2/c1-16-12(15)11-7-9(4-6-14-11)10-3-2-5-13-8-10/h3-4,6-7,13H,2,5,8H2,1H3. The molecule has 0 spiro atoms. The highest BCUT2D eigenvalue weighted by atomic mass is 16.5. The summed E-state index contributed by atoms with van der Waals surface area (Å²) in [5.41, 5.74) is 2.59. The van der Waals surface area contributed by atoms with Crippen LogP contribution >= 0.6 is 0 Å². The molecule has 1 aromatic heterocycles. The number of esters is 1. The van der Waals surface area contributed by atoms with Crippen molar-refractivity contribution >= 4 is 11.5 Å². The third-order valence-electron chi connectivity index (χ3n) is 2.55. The summed E-state index contributed by atoms with van der Waals surface area (Å²) in [5, 5.41) is 3.29. The van der Waals surface area contributed by atoms with E-state index >= 15 is 0 Å². The smallest absolute Gasteiger partial charge is 0.356 e. The maximum atomic E-state index is 11.3. The molecular formula is C12H14N2O2. The fourth-order valence-corrected chi connectivity index (χ4v) is 1.71. The Morgan fingerprint density at radius 3 is 3.12 bits per heavy atom. The Kier molecular flexibility index (Phi) is 3.31. The molecule has 0 aromatic carbocycles. The van der Waals surface area contributed by atoms with E-state index in [2.05, 4.69) is 21.1 Å². The van der Waals surface area contributed by atoms with Gasteiger partial charge in [0.1, 0.15) is 5.69 Å². The van der Waals surface area contributed by atoms with Crippen molar-refractivity contribution < 1.29 is 9.53 Å². The van der Waals surface area contributed by atoms with Crippen molar-refractivity contribution in [1.82, 2.24) is 10.3 Å². The number of pyridine rings is 1. The van der Waals surface area contributed by atoms with Gasteiger partial charge in [0.05, 0.1) is 7.11 Å². The number of ether oxygens (including phenoxy) is 1. The van der Waals surface area contributed by atoms with Gasteiger partial charge in [0.2, 0.25) is 0 Å². The van der Waals surface area contributed by atoms with Gasteiger partial charge in [-0.05, 0) is 36.2 Å². The lowest BCUT2D eigenvalue weighted by atomic mass is 10.0. The second-order valence-electron chi connectivity index (χ2n) is 3.62. The molecular weight excluding hydrogens is 204 g/mol. The molecule has 4 nitrogen and oxygen atoms in total. The molecule has 1 aromatic rings. The fourth-order valence-electron chi connectivity index (χ4n) is 1.71. The van der Waals surface area contributed by atoms with Gasteiger partial charge in [-0.2, -0.15) is 0 Å². The average molecular weight is 218 g/mol. The Morgan fingerprint density at radius 1 is 1.56 bits per heavy atom. The van der Waals surface area contributed by atoms with E-state index in [1.165, 1.54) is 12.7 Å². The van der Waals surface area contributed by atoms with Gasteiger partial charge in [-0.3, -0.25) is 0 Å². The van der Waals surface area contributed by atoms with Crippen molar-refractivity contribution in [2.45, 2.75) is 6.42 Å². The van der Waals surface area contributed by atoms with Crippen LogP contribution in [0.4, 0.5) is 0 Å². The lowest BCUT2D eigenvalue weighted by Crippen LogP contribution is -2.21. The Labute approximate surface area is 94.3 Å². The predicted molar refractivity (Wildman–Crippen MR) is 61.0 cm³/mol. The van der Waals surface area contributed by atoms with Crippen molar-refractivity contribution in [3.05, 3.63) is 35.7 Å². The van der Waals surface area contributed by atoms with Crippen LogP contribution in [0.15, 0.2) is 24.4 Å². The van der Waals surface area contributed by atoms with Gasteiger partial charge < -0.3 is 10.1 Å². The van der Waals surface area contributed by atoms with Crippen LogP contribution in [0.2, 0.25) is 0 Å². The molecule has 2 heterocycles. The Hall–Kier alpha value is -1.68. The summed E-state index contributed by atoms with van der Waals surface area (Å²) in [6, 6.07) is 3.68. The number of aromatic nitrogens is 1. The van der Waals surface area contributed by atoms with E-state index in [0.717, 1.165) is 25.1 Å². The summed E-state index contributed by atoms with van der Waals surface area (Å²) < 4.78 is 4.64. The van der Waals surface area contributed by atoms with Crippen LogP contribution in [-0.4, -0.2) is 31.2 Å². The summed E-state index contributed by atoms with van der Waals surface area (Å²) in [5.74, 6) is -0.397. The van der Waals surface area contributed by atoms with Crippen molar-refractivity contribution in [1.29, 1.82) is 0 Å². The van der Waals surface area contributed by atoms with Crippen molar-refractivity contribution in [3.8, 4) is 0 Å². The van der Waals surface area contributed by atoms with E-state index in [-0.39, 0.29) is 0 Å². The number of hydrogen-bond donors (Lipinski definition) is 1. The summed E-state index contributed by atoms with van der Waals surface area (Å²) in [7, 11) is 1.36. The molecule has 1 aliphatic rings. The molecule has 0 radical (unpaired) electrons. The molecule has 0 saturated heterocycles. The maximum Gasteiger partial charge on any atom is 0.356 e. The van der Waals surface area contributed by atoms with E-state index in [9.17, 15) is 4.79 Å². The molecule has 0 bridgehead atoms. The first-order valence-corrected chi connectivity index (χ1v) is 5.26. The topological polar surface area (TPSA) is 51.2 Å². The zero-order valence-corrected chi connectivity index (χ0v) is 9.19. The summed E-state index contributed by atoms with van der Waals surface area (Å²) in [6.45, 7) is 1.85. The molecule has 0 unspecified atom stereocenters. The Bertz CT molecular complexity index is 427. The van der Waals surface area contributed by atoms with Crippen LogP contribution in [0, 0.1) is 0 Å². The number of carbonyl (C=O) groups is 1. The van der Waals surface area contributed by atoms with Crippen LogP contribution in [0.1, 0.15) is 22.5 Å². The predicted octanol–water partition coefficient (Wildman–Crippen LogP) is 1.24. The number of rotatable bonds is 2. The number of carbonyl (C=O) groups excluding carboxylic acids is 1. The zero-order chi connectivity index (χ0) is 11.4. The van der Waals surface area contributed by atoms with Crippen LogP contribution < -0.4 is 5.32 Å². The quantitative estimate of drug-likeness (QED) is 0.759. The van der Waals surface area contributed by atoms with Gasteiger partial charge in [0.15, 0.2) is 0 Å². The number of nitrogens with one attached hydrogen (secondary N) is 1. The molecule has 0 saturated carbocycles. The molecule has 0 amide bonds. The van der Waals surface area contributed by atoms with Crippen LogP contribution in [0.5, 0.6) is 0 Å². The third-order valence-corrected chi connectivity index (χ3v) is 2.55. The zero-order valence-electron chi connectivity index (χ0n) is 9.19. The van der Waals surface area contributed by atoms with E-state index in [4.69, 9.17) is 0 Å². The Morgan fingerprint density at radius 2 is 2.44 bits per heavy atom. The molecule has 0 fully saturated rings. The minimum atomic E-state index is -0.397. The third kappa shape index (κ3) is 2.28. The fraction of sp³-hybridized carbons (Fsp3) is 0.333. The molecule has 0 aliphatic carbocycles. The monoisotopic (exact) mass is 218 g/mol. The first-order valence-electron chi connectivity index (χ1n) is 5.26. The second kappa shape index (κ2) is 4.90. The van der Waals surface area contributed by atoms with Crippen molar-refractivity contribution in [3.63, 3.8) is 0 Å². The maximum absolute atomic E-state index is 11.3. The highest BCUT2D eigenvalue weighted by molar-refractivity contribution is 5.88. The van der Waals surface area contributed by atoms with E-state index in [1.807, 2.05) is 6.07 Å². The Balaban J connectivity index is 2.28. The lowest BCUT2D eigenvalue weighted by Gasteiger charge is -2.14. The normalized spacial score (nSPS) is 15.4. The van der Waals surface area contributed by atoms with Crippen LogP contribution in [-0.2, 0) is 4.74 Å². The van der Waals surface area contributed by atoms with E-state index < -0.39 is 5.97 Å². The van der Waals surface area contributed by atoms with E-state index in [1.54, 1.807) is 12.3 Å². The van der Waals surface area contributed by atoms with Crippen LogP contribution in [0.25, 0.3) is 5.57 Å². The van der Waals surface area contributed by atoms with Gasteiger partial charge in [0.25, 0.3) is 0 Å². The highest BCUT2D eigenvalue weighted by Crippen LogP contribution is 2.17. The lowest BCUT2D eigenvalue weighted by molar-refractivity contribution is 0.0594. The molecule has 4 heteroatoms. The first-order chi connectivity index (χ1) is 7.81. The minimum absolute atomic E-state index is 0.353. The molecule has 0 atom stereocenters. The number of nitrogens with zero attached hydrogens (tertiary/aromatic N) is 1. The van der Waals surface area contributed by atoms with Crippen molar-refractivity contribution in [2.75, 3.05) is 20.2 Å². The van der Waals surface area contributed by atoms with Gasteiger partial charge in [-0.15, -0.1) is 0 Å². The molecule has 84 valence electrons. The summed E-state index contributed by atoms with van der Waals surface area (Å²) in [4.78, 5) is 15.3. The number of methoxy groups -OCH3 is 1. The van der Waals surface area contributed by atoms with E-state index in [0.29, 0.717) is 5.69 Å². The molecule has 2 rings (SSSR count). The van der Waals surface area contributed by atoms with Crippen molar-refractivity contribution in [2.24, 2.45) is 0 Å². The molecule has 1 aliphatic heterocycles. The van der Waals surface area contributed by atoms with Gasteiger partial charge in [-0.1, -0.05) is 6.08 Å². The summed E-state index contributed by atoms with van der Waals surface area (Å²) in [6.07, 6.45) is 4.84. The first kappa shape index (κ1) is 10.8. The van der Waals surface area contributed by atoms with Crippen LogP contribution in [0.3, 0.4) is 0 Å². The van der Waals surface area contributed by atoms with Gasteiger partial charge >= 0.3 is 5.97 Å².